The summed E-state index contributed by atoms with van der Waals surface area (Å²) in [5, 5.41) is 3.26. The summed E-state index contributed by atoms with van der Waals surface area (Å²) in [6.45, 7) is 0.237. The van der Waals surface area contributed by atoms with Gasteiger partial charge in [-0.2, -0.15) is 0 Å². The number of amides is 2. The Hall–Kier alpha value is -3.10. The Balaban J connectivity index is 1.52. The number of esters is 1. The summed E-state index contributed by atoms with van der Waals surface area (Å²) >= 11 is 5.97. The van der Waals surface area contributed by atoms with Crippen LogP contribution in [0.3, 0.4) is 0 Å². The molecule has 0 spiro atoms. The van der Waals surface area contributed by atoms with E-state index >= 15 is 0 Å². The van der Waals surface area contributed by atoms with Gasteiger partial charge in [-0.15, -0.1) is 0 Å². The van der Waals surface area contributed by atoms with Crippen LogP contribution in [0.15, 0.2) is 42.5 Å². The third kappa shape index (κ3) is 5.12. The molecule has 2 amide bonds. The maximum absolute atomic E-state index is 13.3. The van der Waals surface area contributed by atoms with Crippen molar-refractivity contribution in [2.24, 2.45) is 0 Å². The molecule has 33 heavy (non-hydrogen) atoms. The van der Waals surface area contributed by atoms with Crippen LogP contribution in [0.2, 0.25) is 5.02 Å². The van der Waals surface area contributed by atoms with E-state index < -0.39 is 0 Å². The summed E-state index contributed by atoms with van der Waals surface area (Å²) in [5.74, 6) is -0.479. The van der Waals surface area contributed by atoms with Crippen molar-refractivity contribution in [3.63, 3.8) is 0 Å². The summed E-state index contributed by atoms with van der Waals surface area (Å²) in [5.41, 5.74) is 1.24. The van der Waals surface area contributed by atoms with Crippen LogP contribution in [0.1, 0.15) is 40.0 Å². The second-order valence-corrected chi connectivity index (χ2v) is 8.56. The molecule has 2 aliphatic rings. The van der Waals surface area contributed by atoms with Crippen LogP contribution < -0.4 is 10.1 Å². The second-order valence-electron chi connectivity index (χ2n) is 8.12. The first-order valence-corrected chi connectivity index (χ1v) is 11.1. The summed E-state index contributed by atoms with van der Waals surface area (Å²) in [6, 6.07) is 11.4. The first kappa shape index (κ1) is 23.1. The molecule has 0 saturated carbocycles. The Bertz CT molecular complexity index is 1070. The van der Waals surface area contributed by atoms with Gasteiger partial charge in [-0.05, 0) is 49.2 Å². The van der Waals surface area contributed by atoms with Crippen LogP contribution in [0.5, 0.6) is 5.75 Å². The van der Waals surface area contributed by atoms with Gasteiger partial charge in [0.25, 0.3) is 11.8 Å². The molecule has 2 heterocycles. The fourth-order valence-electron chi connectivity index (χ4n) is 4.21. The lowest BCUT2D eigenvalue weighted by Gasteiger charge is -2.42. The predicted molar refractivity (Wildman–Crippen MR) is 122 cm³/mol. The van der Waals surface area contributed by atoms with Crippen molar-refractivity contribution in [3.8, 4) is 5.75 Å². The average Bonchev–Trinajstić information content (AvgIpc) is 2.81. The molecule has 8 nitrogen and oxygen atoms in total. The fraction of sp³-hybridized carbons (Fsp3) is 0.375. The van der Waals surface area contributed by atoms with Crippen molar-refractivity contribution in [1.82, 2.24) is 4.90 Å². The molecule has 0 aliphatic carbocycles. The number of methoxy groups -OCH3 is 1. The molecular weight excluding hydrogens is 448 g/mol. The number of likely N-dealkylation sites (N-methyl/N-ethyl adjacent to an activating group) is 1. The molecule has 0 aromatic heterocycles. The van der Waals surface area contributed by atoms with Crippen LogP contribution >= 0.6 is 11.6 Å². The number of halogens is 1. The van der Waals surface area contributed by atoms with Gasteiger partial charge in [-0.1, -0.05) is 17.7 Å². The Morgan fingerprint density at radius 1 is 1.21 bits per heavy atom. The van der Waals surface area contributed by atoms with Crippen molar-refractivity contribution < 1.29 is 28.6 Å². The average molecular weight is 473 g/mol. The van der Waals surface area contributed by atoms with Gasteiger partial charge in [0.2, 0.25) is 0 Å². The molecule has 1 N–H and O–H groups in total. The number of carbonyl (C=O) groups excluding carboxylic acids is 3. The van der Waals surface area contributed by atoms with Gasteiger partial charge in [-0.25, -0.2) is 0 Å². The van der Waals surface area contributed by atoms with Crippen molar-refractivity contribution in [2.45, 2.75) is 37.5 Å². The minimum Gasteiger partial charge on any atom is -0.490 e. The Kier molecular flexibility index (Phi) is 6.85. The second kappa shape index (κ2) is 9.80. The van der Waals surface area contributed by atoms with Crippen molar-refractivity contribution >= 4 is 35.1 Å². The lowest BCUT2D eigenvalue weighted by Crippen LogP contribution is -2.53. The molecule has 9 heteroatoms. The van der Waals surface area contributed by atoms with Crippen LogP contribution in [0, 0.1) is 0 Å². The SMILES string of the molecule is COC(=O)C[C@@H]1CC[C@H]2[C@H](COc3ccc(NC(=O)c4cccc(Cl)c4)cc3C(=O)N2C)O1. The van der Waals surface area contributed by atoms with Crippen LogP contribution in [0.25, 0.3) is 0 Å². The number of benzene rings is 2. The third-order valence-electron chi connectivity index (χ3n) is 5.98. The zero-order valence-corrected chi connectivity index (χ0v) is 19.1. The molecule has 1 fully saturated rings. The van der Waals surface area contributed by atoms with E-state index in [9.17, 15) is 14.4 Å². The summed E-state index contributed by atoms with van der Waals surface area (Å²) in [4.78, 5) is 39.1. The molecule has 4 rings (SSSR count). The predicted octanol–water partition coefficient (Wildman–Crippen LogP) is 3.54. The highest BCUT2D eigenvalue weighted by Gasteiger charge is 2.39. The Morgan fingerprint density at radius 2 is 2.03 bits per heavy atom. The van der Waals surface area contributed by atoms with Crippen molar-refractivity contribution in [2.75, 3.05) is 26.1 Å². The van der Waals surface area contributed by atoms with Gasteiger partial charge >= 0.3 is 5.97 Å². The van der Waals surface area contributed by atoms with Gasteiger partial charge in [0, 0.05) is 23.3 Å². The summed E-state index contributed by atoms with van der Waals surface area (Å²) in [6.07, 6.45) is 0.852. The highest BCUT2D eigenvalue weighted by Crippen LogP contribution is 2.32. The molecule has 0 radical (unpaired) electrons. The summed E-state index contributed by atoms with van der Waals surface area (Å²) < 4.78 is 16.8. The van der Waals surface area contributed by atoms with E-state index in [4.69, 9.17) is 25.8 Å². The Morgan fingerprint density at radius 3 is 2.79 bits per heavy atom. The van der Waals surface area contributed by atoms with Gasteiger partial charge in [-0.3, -0.25) is 14.4 Å². The van der Waals surface area contributed by atoms with Gasteiger partial charge in [0.05, 0.1) is 31.2 Å². The van der Waals surface area contributed by atoms with E-state index in [1.54, 1.807) is 54.4 Å². The Labute approximate surface area is 196 Å². The summed E-state index contributed by atoms with van der Waals surface area (Å²) in [7, 11) is 3.08. The van der Waals surface area contributed by atoms with Crippen molar-refractivity contribution in [1.29, 1.82) is 0 Å². The highest BCUT2D eigenvalue weighted by atomic mass is 35.5. The molecular formula is C24H25ClN2O6. The quantitative estimate of drug-likeness (QED) is 0.684. The zero-order chi connectivity index (χ0) is 23.5. The smallest absolute Gasteiger partial charge is 0.308 e. The highest BCUT2D eigenvalue weighted by molar-refractivity contribution is 6.31. The minimum atomic E-state index is -0.363. The number of hydrogen-bond donors (Lipinski definition) is 1. The van der Waals surface area contributed by atoms with Crippen molar-refractivity contribution in [3.05, 3.63) is 58.6 Å². The monoisotopic (exact) mass is 472 g/mol. The van der Waals surface area contributed by atoms with Gasteiger partial charge in [0.15, 0.2) is 0 Å². The van der Waals surface area contributed by atoms with E-state index in [0.717, 1.165) is 0 Å². The van der Waals surface area contributed by atoms with Crippen LogP contribution in [0.4, 0.5) is 5.69 Å². The number of anilines is 1. The topological polar surface area (TPSA) is 94.2 Å². The number of nitrogens with one attached hydrogen (secondary N) is 1. The molecule has 2 aromatic carbocycles. The zero-order valence-electron chi connectivity index (χ0n) is 18.4. The fourth-order valence-corrected chi connectivity index (χ4v) is 4.40. The number of ether oxygens (including phenoxy) is 3. The molecule has 0 bridgehead atoms. The molecule has 174 valence electrons. The first-order chi connectivity index (χ1) is 15.9. The largest absolute Gasteiger partial charge is 0.490 e. The van der Waals surface area contributed by atoms with Gasteiger partial charge < -0.3 is 24.4 Å². The van der Waals surface area contributed by atoms with Crippen LogP contribution in [-0.2, 0) is 14.3 Å². The maximum Gasteiger partial charge on any atom is 0.308 e. The normalized spacial score (nSPS) is 22.2. The van der Waals surface area contributed by atoms with E-state index in [0.29, 0.717) is 40.4 Å². The van der Waals surface area contributed by atoms with E-state index in [2.05, 4.69) is 5.32 Å². The molecule has 0 unspecified atom stereocenters. The number of rotatable bonds is 4. The standard InChI is InChI=1S/C24H25ClN2O6/c1-27-19-8-7-17(12-22(28)31-2)33-21(19)13-32-20-9-6-16(11-18(20)24(27)30)26-23(29)14-4-3-5-15(25)10-14/h3-6,9-11,17,19,21H,7-8,12-13H2,1-2H3,(H,26,29)/t17-,19-,21-/m0/s1. The third-order valence-corrected chi connectivity index (χ3v) is 6.21. The van der Waals surface area contributed by atoms with Gasteiger partial charge in [0.1, 0.15) is 18.5 Å². The number of carbonyl (C=O) groups is 3. The first-order valence-electron chi connectivity index (χ1n) is 10.7. The lowest BCUT2D eigenvalue weighted by atomic mass is 9.94. The maximum atomic E-state index is 13.3. The van der Waals surface area contributed by atoms with E-state index in [-0.39, 0.29) is 49.1 Å². The van der Waals surface area contributed by atoms with Crippen LogP contribution in [-0.4, -0.2) is 61.7 Å². The number of hydrogen-bond acceptors (Lipinski definition) is 6. The molecule has 2 aliphatic heterocycles. The lowest BCUT2D eigenvalue weighted by molar-refractivity contribution is -0.151. The number of fused-ring (bicyclic) bond motifs is 2. The number of nitrogens with zero attached hydrogens (tertiary/aromatic N) is 1. The molecule has 2 aromatic rings. The molecule has 1 saturated heterocycles. The minimum absolute atomic E-state index is 0.170. The van der Waals surface area contributed by atoms with E-state index in [1.165, 1.54) is 7.11 Å². The molecule has 3 atom stereocenters. The van der Waals surface area contributed by atoms with E-state index in [1.807, 2.05) is 0 Å².